The SMILES string of the molecule is Cc1cc(F)cc(CC2(F)CCN(C(=O)Nc3ccc(=O)n(C)n3)CC2)c1. The summed E-state index contributed by atoms with van der Waals surface area (Å²) < 4.78 is 29.8. The van der Waals surface area contributed by atoms with Crippen LogP contribution in [0.4, 0.5) is 19.4 Å². The number of piperidine rings is 1. The minimum absolute atomic E-state index is 0.128. The summed E-state index contributed by atoms with van der Waals surface area (Å²) >= 11 is 0. The Kier molecular flexibility index (Phi) is 5.25. The van der Waals surface area contributed by atoms with E-state index in [2.05, 4.69) is 10.4 Å². The molecule has 0 unspecified atom stereocenters. The molecule has 0 atom stereocenters. The smallest absolute Gasteiger partial charge is 0.323 e. The van der Waals surface area contributed by atoms with Crippen molar-refractivity contribution in [2.24, 2.45) is 7.05 Å². The van der Waals surface area contributed by atoms with Crippen LogP contribution in [0.2, 0.25) is 0 Å². The molecule has 3 rings (SSSR count). The van der Waals surface area contributed by atoms with Gasteiger partial charge in [0.15, 0.2) is 5.82 Å². The summed E-state index contributed by atoms with van der Waals surface area (Å²) in [6.45, 7) is 2.28. The quantitative estimate of drug-likeness (QED) is 0.896. The van der Waals surface area contributed by atoms with Crippen LogP contribution in [0.25, 0.3) is 0 Å². The maximum atomic E-state index is 15.2. The first-order chi connectivity index (χ1) is 12.7. The minimum atomic E-state index is -1.47. The third kappa shape index (κ3) is 4.69. The van der Waals surface area contributed by atoms with Crippen molar-refractivity contribution in [1.29, 1.82) is 0 Å². The van der Waals surface area contributed by atoms with Gasteiger partial charge in [-0.3, -0.25) is 10.1 Å². The molecule has 1 N–H and O–H groups in total. The number of carbonyl (C=O) groups excluding carboxylic acids is 1. The lowest BCUT2D eigenvalue weighted by Gasteiger charge is -2.36. The number of hydrogen-bond donors (Lipinski definition) is 1. The molecule has 1 aromatic carbocycles. The van der Waals surface area contributed by atoms with Gasteiger partial charge in [-0.1, -0.05) is 6.07 Å². The van der Waals surface area contributed by atoms with Crippen LogP contribution in [-0.4, -0.2) is 39.5 Å². The van der Waals surface area contributed by atoms with Crippen molar-refractivity contribution in [3.05, 3.63) is 57.6 Å². The van der Waals surface area contributed by atoms with Crippen LogP contribution in [0.3, 0.4) is 0 Å². The summed E-state index contributed by atoms with van der Waals surface area (Å²) in [5.41, 5.74) is -0.357. The van der Waals surface area contributed by atoms with Gasteiger partial charge in [0.1, 0.15) is 11.5 Å². The normalized spacial score (nSPS) is 16.2. The zero-order valence-electron chi connectivity index (χ0n) is 15.3. The van der Waals surface area contributed by atoms with Gasteiger partial charge in [0.05, 0.1) is 0 Å². The number of alkyl halides is 1. The van der Waals surface area contributed by atoms with Gasteiger partial charge in [-0.15, -0.1) is 0 Å². The lowest BCUT2D eigenvalue weighted by atomic mass is 9.86. The second-order valence-corrected chi connectivity index (χ2v) is 7.06. The topological polar surface area (TPSA) is 67.2 Å². The van der Waals surface area contributed by atoms with E-state index >= 15 is 4.39 Å². The maximum absolute atomic E-state index is 15.2. The summed E-state index contributed by atoms with van der Waals surface area (Å²) in [6, 6.07) is 6.91. The highest BCUT2D eigenvalue weighted by molar-refractivity contribution is 5.88. The molecule has 0 aliphatic carbocycles. The summed E-state index contributed by atoms with van der Waals surface area (Å²) in [5, 5.41) is 6.56. The van der Waals surface area contributed by atoms with Gasteiger partial charge in [-0.2, -0.15) is 5.10 Å². The summed E-state index contributed by atoms with van der Waals surface area (Å²) in [5.74, 6) is -0.107. The first kappa shape index (κ1) is 19.0. The predicted octanol–water partition coefficient (Wildman–Crippen LogP) is 2.81. The lowest BCUT2D eigenvalue weighted by Crippen LogP contribution is -2.47. The molecule has 144 valence electrons. The molecule has 6 nitrogen and oxygen atoms in total. The van der Waals surface area contributed by atoms with Crippen LogP contribution >= 0.6 is 0 Å². The molecule has 0 spiro atoms. The van der Waals surface area contributed by atoms with Crippen molar-refractivity contribution >= 4 is 11.8 Å². The fourth-order valence-electron chi connectivity index (χ4n) is 3.32. The molecule has 1 saturated heterocycles. The number of urea groups is 1. The number of nitrogens with one attached hydrogen (secondary N) is 1. The number of aromatic nitrogens is 2. The fourth-order valence-corrected chi connectivity index (χ4v) is 3.32. The van der Waals surface area contributed by atoms with Crippen molar-refractivity contribution in [2.75, 3.05) is 18.4 Å². The van der Waals surface area contributed by atoms with Gasteiger partial charge in [-0.05, 0) is 49.1 Å². The Morgan fingerprint density at radius 1 is 1.26 bits per heavy atom. The van der Waals surface area contributed by atoms with Crippen molar-refractivity contribution in [1.82, 2.24) is 14.7 Å². The summed E-state index contributed by atoms with van der Waals surface area (Å²) in [7, 11) is 1.49. The van der Waals surface area contributed by atoms with Gasteiger partial charge in [-0.25, -0.2) is 18.3 Å². The van der Waals surface area contributed by atoms with Crippen LogP contribution in [0.5, 0.6) is 0 Å². The minimum Gasteiger partial charge on any atom is -0.324 e. The van der Waals surface area contributed by atoms with Crippen molar-refractivity contribution < 1.29 is 13.6 Å². The number of nitrogens with zero attached hydrogens (tertiary/aromatic N) is 3. The van der Waals surface area contributed by atoms with Gasteiger partial charge in [0.25, 0.3) is 5.56 Å². The standard InChI is InChI=1S/C19H22F2N4O2/c1-13-9-14(11-15(20)10-13)12-19(21)5-7-25(8-6-19)18(27)22-16-3-4-17(26)24(2)23-16/h3-4,9-11H,5-8,12H2,1-2H3,(H,22,23,27). The van der Waals surface area contributed by atoms with E-state index in [0.717, 1.165) is 10.2 Å². The van der Waals surface area contributed by atoms with E-state index in [9.17, 15) is 14.0 Å². The first-order valence-corrected chi connectivity index (χ1v) is 8.79. The molecule has 2 aromatic rings. The Morgan fingerprint density at radius 3 is 2.59 bits per heavy atom. The maximum Gasteiger partial charge on any atom is 0.323 e. The van der Waals surface area contributed by atoms with E-state index in [0.29, 0.717) is 5.56 Å². The highest BCUT2D eigenvalue weighted by Gasteiger charge is 2.36. The highest BCUT2D eigenvalue weighted by atomic mass is 19.1. The second-order valence-electron chi connectivity index (χ2n) is 7.06. The van der Waals surface area contributed by atoms with E-state index in [-0.39, 0.29) is 55.6 Å². The number of carbonyl (C=O) groups is 1. The van der Waals surface area contributed by atoms with Gasteiger partial charge >= 0.3 is 6.03 Å². The fraction of sp³-hybridized carbons (Fsp3) is 0.421. The third-order valence-corrected chi connectivity index (χ3v) is 4.77. The summed E-state index contributed by atoms with van der Waals surface area (Å²) in [4.78, 5) is 25.2. The second kappa shape index (κ2) is 7.46. The van der Waals surface area contributed by atoms with Crippen LogP contribution in [0.15, 0.2) is 35.1 Å². The molecular formula is C19H22F2N4O2. The van der Waals surface area contributed by atoms with Crippen molar-refractivity contribution in [3.63, 3.8) is 0 Å². The molecule has 0 radical (unpaired) electrons. The average Bonchev–Trinajstić information content (AvgIpc) is 2.57. The molecule has 2 amide bonds. The molecule has 1 fully saturated rings. The van der Waals surface area contributed by atoms with E-state index < -0.39 is 5.67 Å². The van der Waals surface area contributed by atoms with Crippen LogP contribution in [-0.2, 0) is 13.5 Å². The summed E-state index contributed by atoms with van der Waals surface area (Å²) in [6.07, 6.45) is 0.483. The molecule has 2 heterocycles. The largest absolute Gasteiger partial charge is 0.324 e. The number of halogens is 2. The van der Waals surface area contributed by atoms with Crippen LogP contribution in [0.1, 0.15) is 24.0 Å². The van der Waals surface area contributed by atoms with E-state index in [1.54, 1.807) is 13.0 Å². The Bertz CT molecular complexity index is 885. The lowest BCUT2D eigenvalue weighted by molar-refractivity contribution is 0.0743. The molecule has 8 heteroatoms. The van der Waals surface area contributed by atoms with Crippen LogP contribution < -0.4 is 10.9 Å². The number of aryl methyl sites for hydroxylation is 2. The number of anilines is 1. The molecule has 1 aliphatic heterocycles. The molecule has 1 aromatic heterocycles. The molecule has 1 aliphatic rings. The van der Waals surface area contributed by atoms with Crippen LogP contribution in [0, 0.1) is 12.7 Å². The number of amides is 2. The zero-order chi connectivity index (χ0) is 19.6. The van der Waals surface area contributed by atoms with Gasteiger partial charge in [0, 0.05) is 32.6 Å². The van der Waals surface area contributed by atoms with Gasteiger partial charge in [0.2, 0.25) is 0 Å². The monoisotopic (exact) mass is 376 g/mol. The average molecular weight is 376 g/mol. The highest BCUT2D eigenvalue weighted by Crippen LogP contribution is 2.31. The van der Waals surface area contributed by atoms with E-state index in [4.69, 9.17) is 0 Å². The Morgan fingerprint density at radius 2 is 1.96 bits per heavy atom. The van der Waals surface area contributed by atoms with Gasteiger partial charge < -0.3 is 4.90 Å². The van der Waals surface area contributed by atoms with Crippen molar-refractivity contribution in [3.8, 4) is 0 Å². The van der Waals surface area contributed by atoms with Crippen molar-refractivity contribution in [2.45, 2.75) is 31.9 Å². The first-order valence-electron chi connectivity index (χ1n) is 8.79. The number of hydrogen-bond acceptors (Lipinski definition) is 3. The van der Waals surface area contributed by atoms with E-state index in [1.165, 1.54) is 36.2 Å². The number of rotatable bonds is 3. The number of benzene rings is 1. The number of likely N-dealkylation sites (tertiary alicyclic amines) is 1. The molecule has 0 saturated carbocycles. The molecule has 0 bridgehead atoms. The molecular weight excluding hydrogens is 354 g/mol. The third-order valence-electron chi connectivity index (χ3n) is 4.77. The Hall–Kier alpha value is -2.77. The zero-order valence-corrected chi connectivity index (χ0v) is 15.3. The molecule has 27 heavy (non-hydrogen) atoms. The predicted molar refractivity (Wildman–Crippen MR) is 98.0 cm³/mol. The Balaban J connectivity index is 1.59. The Labute approximate surface area is 155 Å². The van der Waals surface area contributed by atoms with E-state index in [1.807, 2.05) is 0 Å².